The zero-order valence-corrected chi connectivity index (χ0v) is 64.3. The summed E-state index contributed by atoms with van der Waals surface area (Å²) in [6.07, 6.45) is 5.79. The van der Waals surface area contributed by atoms with E-state index in [4.69, 9.17) is 71.9 Å². The molecule has 2 heterocycles. The van der Waals surface area contributed by atoms with Crippen LogP contribution in [-0.4, -0.2) is 108 Å². The molecule has 4 aromatic rings. The number of hydrogen-bond donors (Lipinski definition) is 0. The van der Waals surface area contributed by atoms with Gasteiger partial charge in [-0.15, -0.1) is 23.2 Å². The van der Waals surface area contributed by atoms with Gasteiger partial charge >= 0.3 is 24.2 Å². The molecular weight excluding hydrogens is 1560 g/mol. The number of halogens is 12. The molecule has 2 unspecified atom stereocenters. The maximum atomic E-state index is 13.2. The minimum Gasteiger partial charge on any atom is -0.492 e. The smallest absolute Gasteiger partial charge is 0.453 e. The molecule has 0 bridgehead atoms. The van der Waals surface area contributed by atoms with Gasteiger partial charge < -0.3 is 47.4 Å². The number of unbranched alkanes of at least 4 members (excludes halogenated alkanes) is 11. The van der Waals surface area contributed by atoms with Crippen molar-refractivity contribution in [2.24, 2.45) is 11.8 Å². The summed E-state index contributed by atoms with van der Waals surface area (Å²) < 4.78 is 187. The molecule has 98 heavy (non-hydrogen) atoms. The third-order valence-electron chi connectivity index (χ3n) is 18.6. The monoisotopic (exact) mass is 1660 g/mol. The third kappa shape index (κ3) is 29.5. The van der Waals surface area contributed by atoms with Crippen LogP contribution >= 0.6 is 23.2 Å². The summed E-state index contributed by atoms with van der Waals surface area (Å²) in [5, 5.41) is 0.194. The Morgan fingerprint density at radius 1 is 0.510 bits per heavy atom. The largest absolute Gasteiger partial charge is 0.492 e. The Labute approximate surface area is 613 Å². The van der Waals surface area contributed by atoms with E-state index in [1.807, 2.05) is 61.5 Å². The molecule has 552 valence electrons. The van der Waals surface area contributed by atoms with E-state index < -0.39 is 37.0 Å². The number of methoxy groups -OCH3 is 4. The van der Waals surface area contributed by atoms with Crippen LogP contribution in [0.25, 0.3) is 0 Å². The second-order valence-corrected chi connectivity index (χ2v) is 26.6. The molecule has 24 heteroatoms. The van der Waals surface area contributed by atoms with E-state index in [1.54, 1.807) is 35.4 Å². The number of benzene rings is 4. The molecule has 6 rings (SSSR count). The van der Waals surface area contributed by atoms with Crippen molar-refractivity contribution >= 4 is 31.6 Å². The SMILES string of the molecule is COCOc1ccc([C@@]2(C)COc3cc(OCOC)ccc3[C@H]2CCCCCCCCC(C)C(C)CCCC(F)(F)C(F)(F)F)cc1.COCOc1ccc([C@@]2(C)COc3cc(OCOC)ccc3[C@H]2CCCCCCCCC=C(C)CCCC(F)(F)C(F)(F)F)cc1.ClCCl.[2H][B].[U]. The van der Waals surface area contributed by atoms with Crippen LogP contribution in [0.2, 0.25) is 0 Å². The molecule has 0 spiro atoms. The Balaban J connectivity index is 0.000000626. The number of fused-ring (bicyclic) bond motifs is 2. The van der Waals surface area contributed by atoms with Gasteiger partial charge in [0, 0.05) is 116 Å². The van der Waals surface area contributed by atoms with Crippen LogP contribution in [0, 0.1) is 42.9 Å². The molecule has 0 aromatic heterocycles. The molecule has 2 aliphatic heterocycles. The van der Waals surface area contributed by atoms with Crippen molar-refractivity contribution in [3.8, 4) is 34.5 Å². The third-order valence-corrected chi connectivity index (χ3v) is 18.6. The molecule has 0 fully saturated rings. The Bertz CT molecular complexity index is 2830. The van der Waals surface area contributed by atoms with Gasteiger partial charge in [0.1, 0.15) is 34.5 Å². The molecule has 10 nitrogen and oxygen atoms in total. The quantitative estimate of drug-likeness (QED) is 0.0107. The molecule has 2 radical (unpaired) electrons. The van der Waals surface area contributed by atoms with Gasteiger partial charge in [0.25, 0.3) is 0 Å². The molecule has 0 saturated heterocycles. The molecular formula is C74H105BCl2F10O10U. The molecule has 0 amide bonds. The van der Waals surface area contributed by atoms with E-state index in [0.717, 1.165) is 131 Å². The first-order valence-corrected chi connectivity index (χ1v) is 34.6. The first kappa shape index (κ1) is 88.5. The molecule has 2 aliphatic rings. The van der Waals surface area contributed by atoms with Gasteiger partial charge in [-0.2, -0.15) is 43.9 Å². The number of alkyl halides is 12. The van der Waals surface area contributed by atoms with E-state index >= 15 is 0 Å². The minimum absolute atomic E-state index is 0. The Kier molecular flexibility index (Phi) is 41.6. The van der Waals surface area contributed by atoms with E-state index in [-0.39, 0.29) is 111 Å². The zero-order valence-electron chi connectivity index (χ0n) is 59.7. The van der Waals surface area contributed by atoms with Crippen molar-refractivity contribution in [3.05, 3.63) is 119 Å². The van der Waals surface area contributed by atoms with Crippen molar-refractivity contribution in [3.63, 3.8) is 0 Å². The maximum absolute atomic E-state index is 13.2. The first-order chi connectivity index (χ1) is 46.6. The number of rotatable bonds is 41. The van der Waals surface area contributed by atoms with Crippen LogP contribution in [-0.2, 0) is 29.8 Å². The van der Waals surface area contributed by atoms with Crippen LogP contribution in [0.3, 0.4) is 0 Å². The van der Waals surface area contributed by atoms with Crippen LogP contribution in [0.4, 0.5) is 43.9 Å². The number of ether oxygens (including phenoxy) is 10. The average Bonchev–Trinajstić information content (AvgIpc) is 0.760. The molecule has 0 saturated carbocycles. The predicted octanol–water partition coefficient (Wildman–Crippen LogP) is 22.1. The van der Waals surface area contributed by atoms with Crippen LogP contribution in [0.5, 0.6) is 34.5 Å². The van der Waals surface area contributed by atoms with Gasteiger partial charge in [0.05, 0.1) is 18.6 Å². The van der Waals surface area contributed by atoms with Gasteiger partial charge in [-0.25, -0.2) is 0 Å². The van der Waals surface area contributed by atoms with Gasteiger partial charge in [0.2, 0.25) is 0 Å². The average molecular weight is 1670 g/mol. The summed E-state index contributed by atoms with van der Waals surface area (Å²) in [6.45, 7) is 12.2. The summed E-state index contributed by atoms with van der Waals surface area (Å²) in [6, 6.07) is 28.4. The molecule has 0 aliphatic carbocycles. The van der Waals surface area contributed by atoms with Gasteiger partial charge in [-0.05, 0) is 124 Å². The van der Waals surface area contributed by atoms with E-state index in [1.165, 1.54) is 22.3 Å². The van der Waals surface area contributed by atoms with Crippen LogP contribution < -0.4 is 28.4 Å². The maximum Gasteiger partial charge on any atom is 0.453 e. The predicted molar refractivity (Wildman–Crippen MR) is 366 cm³/mol. The first-order valence-electron chi connectivity index (χ1n) is 34.1. The molecule has 6 atom stereocenters. The fraction of sp³-hybridized carbons (Fsp3) is 0.649. The second kappa shape index (κ2) is 46.1. The Morgan fingerprint density at radius 2 is 0.837 bits per heavy atom. The Hall–Kier alpha value is -3.74. The zero-order chi connectivity index (χ0) is 72.8. The standard InChI is InChI=1S/C37H53F5O5.C36H49F5O5.CH2Cl2.BH.U/c1-27(28(2)14-12-22-36(38,39)37(40,41)42)13-10-8-6-7-9-11-15-33-32-21-20-31(47-26-44-5)23-34(32)45-24-35(33,3)29-16-18-30(19-17-29)46-25-43-4;1-27(14-12-22-35(37,38)36(39,40)41)13-10-8-6-5-7-9-11-15-32-31-21-20-30(46-26-43-4)23-33(31)44-24-34(32,2)28-16-18-29(19-17-28)45-25-42-3;2-1-3;;/h16-21,23,27-28,33H,6-15,22,24-26H2,1-5H3;13,16-21,23,32H,5-12,14-15,22,24-26H2,1-4H3;1H2;1H;/t27?,28?,33-,35-;32-,34-;;;/m11.../s1/i;;;1D;. The van der Waals surface area contributed by atoms with E-state index in [0.29, 0.717) is 37.1 Å². The molecule has 4 aromatic carbocycles. The van der Waals surface area contributed by atoms with Gasteiger partial charge in [-0.3, -0.25) is 0 Å². The summed E-state index contributed by atoms with van der Waals surface area (Å²) in [7, 11) is 10.1. The second-order valence-electron chi connectivity index (χ2n) is 25.8. The van der Waals surface area contributed by atoms with Gasteiger partial charge in [0.15, 0.2) is 27.2 Å². The van der Waals surface area contributed by atoms with Crippen molar-refractivity contribution in [1.29, 1.82) is 1.34 Å². The summed E-state index contributed by atoms with van der Waals surface area (Å²) in [4.78, 5) is 0. The summed E-state index contributed by atoms with van der Waals surface area (Å²) in [5.41, 5.74) is 5.11. The topological polar surface area (TPSA) is 92.3 Å². The van der Waals surface area contributed by atoms with E-state index in [9.17, 15) is 43.9 Å². The number of allylic oxidation sites excluding steroid dienone is 2. The minimum atomic E-state index is -5.48. The van der Waals surface area contributed by atoms with Crippen molar-refractivity contribution in [2.45, 2.75) is 223 Å². The van der Waals surface area contributed by atoms with Crippen LogP contribution in [0.1, 0.15) is 210 Å². The van der Waals surface area contributed by atoms with Crippen LogP contribution in [0.15, 0.2) is 96.6 Å². The van der Waals surface area contributed by atoms with Gasteiger partial charge in [-0.1, -0.05) is 159 Å². The fourth-order valence-electron chi connectivity index (χ4n) is 12.5. The Morgan fingerprint density at radius 3 is 1.21 bits per heavy atom. The van der Waals surface area contributed by atoms with Crippen molar-refractivity contribution in [2.75, 3.05) is 74.2 Å². The van der Waals surface area contributed by atoms with E-state index in [2.05, 4.69) is 65.5 Å². The summed E-state index contributed by atoms with van der Waals surface area (Å²) in [5.74, 6) is -3.73. The van der Waals surface area contributed by atoms with Crippen molar-refractivity contribution < 1.29 is 122 Å². The normalized spacial score (nSPS) is 18.3. The molecule has 0 N–H and O–H groups in total. The number of hydrogen-bond acceptors (Lipinski definition) is 10. The summed E-state index contributed by atoms with van der Waals surface area (Å²) >= 11 is 9.53. The fourth-order valence-corrected chi connectivity index (χ4v) is 12.5. The van der Waals surface area contributed by atoms with Crippen molar-refractivity contribution in [1.82, 2.24) is 0 Å².